The third-order valence-electron chi connectivity index (χ3n) is 4.65. The van der Waals surface area contributed by atoms with Gasteiger partial charge in [0.25, 0.3) is 0 Å². The van der Waals surface area contributed by atoms with Gasteiger partial charge in [-0.15, -0.1) is 0 Å². The molecule has 1 atom stereocenters. The molecule has 2 heterocycles. The van der Waals surface area contributed by atoms with E-state index in [1.807, 2.05) is 6.07 Å². The van der Waals surface area contributed by atoms with E-state index in [1.54, 1.807) is 29.0 Å². The Hall–Kier alpha value is -3.57. The normalized spacial score (nSPS) is 13.4. The molecule has 4 rings (SSSR count). The van der Waals surface area contributed by atoms with Crippen LogP contribution < -0.4 is 0 Å². The minimum atomic E-state index is -1.72. The number of benzene rings is 2. The molecule has 140 valence electrons. The zero-order valence-electron chi connectivity index (χ0n) is 14.6. The number of hydrogen-bond donors (Lipinski definition) is 1. The summed E-state index contributed by atoms with van der Waals surface area (Å²) >= 11 is 0. The van der Waals surface area contributed by atoms with E-state index in [1.165, 1.54) is 23.4 Å². The van der Waals surface area contributed by atoms with Gasteiger partial charge in [-0.25, -0.2) is 18.4 Å². The molecule has 1 N–H and O–H groups in total. The summed E-state index contributed by atoms with van der Waals surface area (Å²) in [7, 11) is 0. The van der Waals surface area contributed by atoms with Crippen molar-refractivity contribution < 1.29 is 13.9 Å². The molecule has 1 unspecified atom stereocenters. The zero-order valence-corrected chi connectivity index (χ0v) is 14.6. The molecule has 0 fully saturated rings. The average Bonchev–Trinajstić information content (AvgIpc) is 3.31. The number of fused-ring (bicyclic) bond motifs is 1. The topological polar surface area (TPSA) is 79.7 Å². The van der Waals surface area contributed by atoms with E-state index in [0.717, 1.165) is 23.0 Å². The number of halogens is 2. The van der Waals surface area contributed by atoms with Crippen molar-refractivity contribution in [2.24, 2.45) is 0 Å². The molecule has 8 heteroatoms. The Balaban J connectivity index is 1.79. The Labute approximate surface area is 158 Å². The number of nitriles is 1. The van der Waals surface area contributed by atoms with Crippen LogP contribution >= 0.6 is 0 Å². The maximum Gasteiger partial charge on any atom is 0.137 e. The Morgan fingerprint density at radius 3 is 2.68 bits per heavy atom. The second kappa shape index (κ2) is 6.87. The second-order valence-electron chi connectivity index (χ2n) is 6.58. The first-order chi connectivity index (χ1) is 13.5. The highest BCUT2D eigenvalue weighted by Gasteiger charge is 2.34. The number of aromatic nitrogens is 4. The van der Waals surface area contributed by atoms with Crippen molar-refractivity contribution in [1.82, 2.24) is 19.3 Å². The smallest absolute Gasteiger partial charge is 0.137 e. The van der Waals surface area contributed by atoms with Gasteiger partial charge in [-0.3, -0.25) is 0 Å². The Morgan fingerprint density at radius 2 is 1.96 bits per heavy atom. The summed E-state index contributed by atoms with van der Waals surface area (Å²) in [4.78, 5) is 3.85. The van der Waals surface area contributed by atoms with Crippen LogP contribution in [0.5, 0.6) is 0 Å². The molecule has 2 aromatic heterocycles. The van der Waals surface area contributed by atoms with Crippen molar-refractivity contribution in [2.45, 2.75) is 18.7 Å². The van der Waals surface area contributed by atoms with Gasteiger partial charge in [0.2, 0.25) is 0 Å². The molecule has 0 bridgehead atoms. The van der Waals surface area contributed by atoms with Crippen molar-refractivity contribution in [3.8, 4) is 6.07 Å². The summed E-state index contributed by atoms with van der Waals surface area (Å²) in [6.45, 7) is -0.0870. The van der Waals surface area contributed by atoms with Crippen LogP contribution in [0.3, 0.4) is 0 Å². The summed E-state index contributed by atoms with van der Waals surface area (Å²) in [6, 6.07) is 12.2. The summed E-state index contributed by atoms with van der Waals surface area (Å²) in [6.07, 6.45) is 4.48. The monoisotopic (exact) mass is 379 g/mol. The van der Waals surface area contributed by atoms with E-state index in [-0.39, 0.29) is 18.7 Å². The van der Waals surface area contributed by atoms with Gasteiger partial charge < -0.3 is 9.67 Å². The van der Waals surface area contributed by atoms with Crippen molar-refractivity contribution in [3.63, 3.8) is 0 Å². The van der Waals surface area contributed by atoms with Gasteiger partial charge in [0, 0.05) is 28.7 Å². The summed E-state index contributed by atoms with van der Waals surface area (Å²) in [5.74, 6) is -1.56. The van der Waals surface area contributed by atoms with Gasteiger partial charge >= 0.3 is 0 Å². The van der Waals surface area contributed by atoms with E-state index in [2.05, 4.69) is 16.2 Å². The maximum absolute atomic E-state index is 14.5. The molecule has 0 aliphatic heterocycles. The van der Waals surface area contributed by atoms with E-state index < -0.39 is 17.2 Å². The van der Waals surface area contributed by atoms with Crippen LogP contribution in [-0.4, -0.2) is 24.4 Å². The third kappa shape index (κ3) is 3.23. The van der Waals surface area contributed by atoms with Crippen LogP contribution in [0.1, 0.15) is 11.1 Å². The van der Waals surface area contributed by atoms with Crippen molar-refractivity contribution in [2.75, 3.05) is 0 Å². The minimum absolute atomic E-state index is 0.00911. The predicted octanol–water partition coefficient (Wildman–Crippen LogP) is 2.97. The van der Waals surface area contributed by atoms with E-state index in [9.17, 15) is 13.9 Å². The lowest BCUT2D eigenvalue weighted by Crippen LogP contribution is -2.37. The first kappa shape index (κ1) is 17.8. The fourth-order valence-corrected chi connectivity index (χ4v) is 3.36. The number of nitrogens with zero attached hydrogens (tertiary/aromatic N) is 5. The van der Waals surface area contributed by atoms with E-state index >= 15 is 0 Å². The van der Waals surface area contributed by atoms with Crippen LogP contribution in [0.4, 0.5) is 8.78 Å². The predicted molar refractivity (Wildman–Crippen MR) is 96.9 cm³/mol. The van der Waals surface area contributed by atoms with Gasteiger partial charge in [-0.2, -0.15) is 10.4 Å². The summed E-state index contributed by atoms with van der Waals surface area (Å²) in [5, 5.41) is 25.3. The Morgan fingerprint density at radius 1 is 1.11 bits per heavy atom. The van der Waals surface area contributed by atoms with Crippen molar-refractivity contribution >= 4 is 10.9 Å². The highest BCUT2D eigenvalue weighted by molar-refractivity contribution is 5.81. The Bertz CT molecular complexity index is 1180. The van der Waals surface area contributed by atoms with E-state index in [4.69, 9.17) is 5.26 Å². The maximum atomic E-state index is 14.5. The SMILES string of the molecule is N#Cc1ccc2c(ccn2CC(O)(Cn2cncn2)c2ccc(F)cc2F)c1. The average molecular weight is 379 g/mol. The molecule has 0 spiro atoms. The van der Waals surface area contributed by atoms with Gasteiger partial charge in [0.15, 0.2) is 0 Å². The highest BCUT2D eigenvalue weighted by atomic mass is 19.1. The van der Waals surface area contributed by atoms with Gasteiger partial charge in [0.05, 0.1) is 24.7 Å². The molecule has 0 radical (unpaired) electrons. The molecule has 0 aliphatic carbocycles. The summed E-state index contributed by atoms with van der Waals surface area (Å²) in [5.41, 5.74) is -0.461. The van der Waals surface area contributed by atoms with Gasteiger partial charge in [-0.1, -0.05) is 6.07 Å². The second-order valence-corrected chi connectivity index (χ2v) is 6.58. The summed E-state index contributed by atoms with van der Waals surface area (Å²) < 4.78 is 31.1. The van der Waals surface area contributed by atoms with Gasteiger partial charge in [0.1, 0.15) is 29.9 Å². The van der Waals surface area contributed by atoms with E-state index in [0.29, 0.717) is 5.56 Å². The molecule has 28 heavy (non-hydrogen) atoms. The number of aliphatic hydroxyl groups is 1. The third-order valence-corrected chi connectivity index (χ3v) is 4.65. The lowest BCUT2D eigenvalue weighted by atomic mass is 9.92. The molecular weight excluding hydrogens is 364 g/mol. The molecule has 2 aromatic carbocycles. The molecule has 0 aliphatic rings. The van der Waals surface area contributed by atoms with Crippen LogP contribution in [0.2, 0.25) is 0 Å². The molecular formula is C20H15F2N5O. The van der Waals surface area contributed by atoms with Crippen molar-refractivity contribution in [3.05, 3.63) is 84.1 Å². The first-order valence-corrected chi connectivity index (χ1v) is 8.48. The fourth-order valence-electron chi connectivity index (χ4n) is 3.36. The largest absolute Gasteiger partial charge is 0.381 e. The fraction of sp³-hybridized carbons (Fsp3) is 0.150. The number of hydrogen-bond acceptors (Lipinski definition) is 4. The van der Waals surface area contributed by atoms with Crippen LogP contribution in [0, 0.1) is 23.0 Å². The zero-order chi connectivity index (χ0) is 19.7. The molecule has 0 saturated heterocycles. The molecule has 0 amide bonds. The quantitative estimate of drug-likeness (QED) is 0.578. The van der Waals surface area contributed by atoms with Crippen LogP contribution in [0.15, 0.2) is 61.3 Å². The minimum Gasteiger partial charge on any atom is -0.381 e. The number of rotatable bonds is 5. The van der Waals surface area contributed by atoms with Crippen molar-refractivity contribution in [1.29, 1.82) is 5.26 Å². The van der Waals surface area contributed by atoms with Crippen LogP contribution in [0.25, 0.3) is 10.9 Å². The molecule has 4 aromatic rings. The highest BCUT2D eigenvalue weighted by Crippen LogP contribution is 2.30. The lowest BCUT2D eigenvalue weighted by molar-refractivity contribution is -0.00435. The van der Waals surface area contributed by atoms with Gasteiger partial charge in [-0.05, 0) is 30.3 Å². The standard InChI is InChI=1S/C20H15F2N5O/c21-16-2-3-17(18(22)8-16)20(28,11-27-13-24-12-25-27)10-26-6-5-15-7-14(9-23)1-4-19(15)26/h1-8,12-13,28H,10-11H2. The molecule has 0 saturated carbocycles. The molecule has 6 nitrogen and oxygen atoms in total. The van der Waals surface area contributed by atoms with Crippen LogP contribution in [-0.2, 0) is 18.7 Å². The lowest BCUT2D eigenvalue weighted by Gasteiger charge is -2.30. The first-order valence-electron chi connectivity index (χ1n) is 8.48. The Kier molecular flexibility index (Phi) is 4.37.